The number of hydrogen-bond acceptors (Lipinski definition) is 5. The largest absolute Gasteiger partial charge is 0.495 e. The number of carbonyl (C=O) groups is 1. The van der Waals surface area contributed by atoms with E-state index in [-0.39, 0.29) is 11.2 Å². The number of anilines is 1. The molecule has 1 aromatic carbocycles. The molecule has 0 unspecified atom stereocenters. The first-order chi connectivity index (χ1) is 11.6. The third-order valence-corrected chi connectivity index (χ3v) is 4.60. The molecule has 0 saturated carbocycles. The third-order valence-electron chi connectivity index (χ3n) is 3.55. The van der Waals surface area contributed by atoms with Crippen molar-refractivity contribution < 1.29 is 9.53 Å². The zero-order chi connectivity index (χ0) is 17.1. The van der Waals surface area contributed by atoms with Gasteiger partial charge in [-0.2, -0.15) is 0 Å². The summed E-state index contributed by atoms with van der Waals surface area (Å²) >= 11 is 1.36. The highest BCUT2D eigenvalue weighted by Crippen LogP contribution is 2.27. The van der Waals surface area contributed by atoms with Crippen LogP contribution in [0.4, 0.5) is 5.69 Å². The summed E-state index contributed by atoms with van der Waals surface area (Å²) in [6, 6.07) is 11.4. The van der Waals surface area contributed by atoms with E-state index in [9.17, 15) is 4.79 Å². The van der Waals surface area contributed by atoms with Crippen LogP contribution in [0.2, 0.25) is 0 Å². The maximum Gasteiger partial charge on any atom is 0.237 e. The van der Waals surface area contributed by atoms with Crippen molar-refractivity contribution in [1.29, 1.82) is 0 Å². The Labute approximate surface area is 144 Å². The van der Waals surface area contributed by atoms with Crippen molar-refractivity contribution in [3.05, 3.63) is 48.2 Å². The molecule has 3 aromatic rings. The minimum Gasteiger partial charge on any atom is -0.495 e. The van der Waals surface area contributed by atoms with Crippen LogP contribution in [0.5, 0.6) is 5.75 Å². The monoisotopic (exact) mass is 342 g/mol. The molecule has 0 saturated heterocycles. The third kappa shape index (κ3) is 3.35. The van der Waals surface area contributed by atoms with E-state index in [1.165, 1.54) is 11.8 Å². The van der Waals surface area contributed by atoms with Gasteiger partial charge in [-0.3, -0.25) is 9.20 Å². The van der Waals surface area contributed by atoms with Gasteiger partial charge in [-0.05, 0) is 43.7 Å². The Morgan fingerprint density at radius 3 is 2.92 bits per heavy atom. The van der Waals surface area contributed by atoms with Gasteiger partial charge in [0, 0.05) is 6.20 Å². The van der Waals surface area contributed by atoms with Gasteiger partial charge < -0.3 is 10.1 Å². The summed E-state index contributed by atoms with van der Waals surface area (Å²) < 4.78 is 7.16. The van der Waals surface area contributed by atoms with Gasteiger partial charge in [-0.25, -0.2) is 0 Å². The highest BCUT2D eigenvalue weighted by molar-refractivity contribution is 8.00. The predicted octanol–water partition coefficient (Wildman–Crippen LogP) is 3.17. The van der Waals surface area contributed by atoms with Crippen LogP contribution in [0.1, 0.15) is 12.5 Å². The number of aryl methyl sites for hydroxylation is 1. The van der Waals surface area contributed by atoms with Gasteiger partial charge >= 0.3 is 0 Å². The summed E-state index contributed by atoms with van der Waals surface area (Å²) in [5.41, 5.74) is 2.48. The molecule has 2 aromatic heterocycles. The summed E-state index contributed by atoms with van der Waals surface area (Å²) in [6.45, 7) is 3.81. The highest BCUT2D eigenvalue weighted by atomic mass is 32.2. The lowest BCUT2D eigenvalue weighted by atomic mass is 10.2. The zero-order valence-electron chi connectivity index (χ0n) is 13.7. The Hall–Kier alpha value is -2.54. The fourth-order valence-corrected chi connectivity index (χ4v) is 3.10. The lowest BCUT2D eigenvalue weighted by Crippen LogP contribution is -2.23. The smallest absolute Gasteiger partial charge is 0.237 e. The van der Waals surface area contributed by atoms with Crippen LogP contribution in [0.15, 0.2) is 47.8 Å². The molecule has 1 atom stereocenters. The first kappa shape index (κ1) is 16.3. The zero-order valence-corrected chi connectivity index (χ0v) is 14.5. The molecule has 0 fully saturated rings. The number of methoxy groups -OCH3 is 1. The number of ether oxygens (including phenoxy) is 1. The van der Waals surface area contributed by atoms with E-state index in [2.05, 4.69) is 15.5 Å². The van der Waals surface area contributed by atoms with E-state index >= 15 is 0 Å². The van der Waals surface area contributed by atoms with Gasteiger partial charge in [-0.1, -0.05) is 23.9 Å². The van der Waals surface area contributed by atoms with Crippen molar-refractivity contribution in [1.82, 2.24) is 14.6 Å². The average molecular weight is 342 g/mol. The molecule has 1 N–H and O–H groups in total. The van der Waals surface area contributed by atoms with Crippen molar-refractivity contribution in [3.63, 3.8) is 0 Å². The van der Waals surface area contributed by atoms with E-state index in [1.807, 2.05) is 60.8 Å². The number of fused-ring (bicyclic) bond motifs is 1. The number of hydrogen-bond donors (Lipinski definition) is 1. The van der Waals surface area contributed by atoms with Gasteiger partial charge in [0.2, 0.25) is 5.91 Å². The predicted molar refractivity (Wildman–Crippen MR) is 94.7 cm³/mol. The van der Waals surface area contributed by atoms with Crippen molar-refractivity contribution in [2.24, 2.45) is 0 Å². The maximum absolute atomic E-state index is 12.5. The molecule has 0 radical (unpaired) electrons. The first-order valence-corrected chi connectivity index (χ1v) is 8.38. The summed E-state index contributed by atoms with van der Waals surface area (Å²) in [7, 11) is 1.58. The minimum absolute atomic E-state index is 0.114. The Morgan fingerprint density at radius 1 is 1.29 bits per heavy atom. The number of carbonyl (C=O) groups excluding carboxylic acids is 1. The number of nitrogens with zero attached hydrogens (tertiary/aromatic N) is 3. The van der Waals surface area contributed by atoms with Gasteiger partial charge in [0.05, 0.1) is 18.0 Å². The lowest BCUT2D eigenvalue weighted by Gasteiger charge is -2.14. The van der Waals surface area contributed by atoms with E-state index in [0.717, 1.165) is 11.2 Å². The molecule has 7 heteroatoms. The quantitative estimate of drug-likeness (QED) is 0.721. The molecule has 0 spiro atoms. The molecule has 0 aliphatic rings. The van der Waals surface area contributed by atoms with E-state index in [0.29, 0.717) is 16.6 Å². The number of thioether (sulfide) groups is 1. The molecular formula is C17H18N4O2S. The van der Waals surface area contributed by atoms with Crippen LogP contribution in [-0.4, -0.2) is 32.9 Å². The summed E-state index contributed by atoms with van der Waals surface area (Å²) in [6.07, 6.45) is 1.88. The minimum atomic E-state index is -0.331. The second-order valence-electron chi connectivity index (χ2n) is 5.36. The molecule has 3 rings (SSSR count). The van der Waals surface area contributed by atoms with Crippen LogP contribution in [0, 0.1) is 6.92 Å². The standard InChI is InChI=1S/C17H18N4O2S/c1-11-7-8-14(23-3)13(10-11)18-16(22)12(2)24-17-20-19-15-6-4-5-9-21(15)17/h4-10,12H,1-3H3,(H,18,22)/t12-/m0/s1. The van der Waals surface area contributed by atoms with Crippen LogP contribution in [0.25, 0.3) is 5.65 Å². The second kappa shape index (κ2) is 6.92. The topological polar surface area (TPSA) is 68.5 Å². The molecule has 6 nitrogen and oxygen atoms in total. The summed E-state index contributed by atoms with van der Waals surface area (Å²) in [5, 5.41) is 11.5. The van der Waals surface area contributed by atoms with Gasteiger partial charge in [0.1, 0.15) is 5.75 Å². The molecular weight excluding hydrogens is 324 g/mol. The number of aromatic nitrogens is 3. The Balaban J connectivity index is 1.74. The van der Waals surface area contributed by atoms with Crippen LogP contribution in [-0.2, 0) is 4.79 Å². The van der Waals surface area contributed by atoms with Crippen LogP contribution in [0.3, 0.4) is 0 Å². The Kier molecular flexibility index (Phi) is 4.71. The second-order valence-corrected chi connectivity index (χ2v) is 6.67. The lowest BCUT2D eigenvalue weighted by molar-refractivity contribution is -0.115. The van der Waals surface area contributed by atoms with Crippen molar-refractivity contribution in [3.8, 4) is 5.75 Å². The molecule has 24 heavy (non-hydrogen) atoms. The number of benzene rings is 1. The van der Waals surface area contributed by atoms with E-state index < -0.39 is 0 Å². The number of rotatable bonds is 5. The molecule has 0 aliphatic carbocycles. The summed E-state index contributed by atoms with van der Waals surface area (Å²) in [5.74, 6) is 0.524. The van der Waals surface area contributed by atoms with Gasteiger partial charge in [0.25, 0.3) is 0 Å². The molecule has 1 amide bonds. The highest BCUT2D eigenvalue weighted by Gasteiger charge is 2.19. The van der Waals surface area contributed by atoms with Crippen molar-refractivity contribution >= 4 is 29.0 Å². The fraction of sp³-hybridized carbons (Fsp3) is 0.235. The summed E-state index contributed by atoms with van der Waals surface area (Å²) in [4.78, 5) is 12.5. The van der Waals surface area contributed by atoms with Crippen molar-refractivity contribution in [2.75, 3.05) is 12.4 Å². The number of pyridine rings is 1. The Bertz CT molecular complexity index is 878. The fourth-order valence-electron chi connectivity index (χ4n) is 2.27. The molecule has 124 valence electrons. The molecule has 2 heterocycles. The molecule has 0 aliphatic heterocycles. The maximum atomic E-state index is 12.5. The normalized spacial score (nSPS) is 12.1. The van der Waals surface area contributed by atoms with Gasteiger partial charge in [-0.15, -0.1) is 10.2 Å². The first-order valence-electron chi connectivity index (χ1n) is 7.50. The van der Waals surface area contributed by atoms with E-state index in [4.69, 9.17) is 4.74 Å². The number of nitrogens with one attached hydrogen (secondary N) is 1. The SMILES string of the molecule is COc1ccc(C)cc1NC(=O)[C@H](C)Sc1nnc2ccccn12. The molecule has 0 bridgehead atoms. The number of amides is 1. The Morgan fingerprint density at radius 2 is 2.12 bits per heavy atom. The van der Waals surface area contributed by atoms with Crippen molar-refractivity contribution in [2.45, 2.75) is 24.3 Å². The van der Waals surface area contributed by atoms with Crippen LogP contribution >= 0.6 is 11.8 Å². The average Bonchev–Trinajstić information content (AvgIpc) is 2.98. The van der Waals surface area contributed by atoms with Gasteiger partial charge in [0.15, 0.2) is 10.8 Å². The van der Waals surface area contributed by atoms with E-state index in [1.54, 1.807) is 7.11 Å². The van der Waals surface area contributed by atoms with Crippen LogP contribution < -0.4 is 10.1 Å².